The van der Waals surface area contributed by atoms with Gasteiger partial charge in [-0.1, -0.05) is 66.8 Å². The van der Waals surface area contributed by atoms with Crippen molar-refractivity contribution in [2.75, 3.05) is 13.2 Å². The first-order valence-electron chi connectivity index (χ1n) is 5.91. The molecular formula is C13H23BrOSi. The van der Waals surface area contributed by atoms with Crippen LogP contribution in [0.5, 0.6) is 0 Å². The molecule has 2 unspecified atom stereocenters. The molecule has 1 aliphatic carbocycles. The zero-order valence-electron chi connectivity index (χ0n) is 10.8. The van der Waals surface area contributed by atoms with Crippen LogP contribution in [-0.2, 0) is 4.74 Å². The SMILES string of the molecule is CC1(COCC[Si](C)(C)C)C=CC=CC1Br. The maximum absolute atomic E-state index is 5.84. The molecule has 0 heterocycles. The predicted molar refractivity (Wildman–Crippen MR) is 78.1 cm³/mol. The van der Waals surface area contributed by atoms with Gasteiger partial charge in [-0.15, -0.1) is 0 Å². The molecule has 0 radical (unpaired) electrons. The van der Waals surface area contributed by atoms with Gasteiger partial charge < -0.3 is 4.74 Å². The summed E-state index contributed by atoms with van der Waals surface area (Å²) in [6, 6.07) is 1.25. The summed E-state index contributed by atoms with van der Waals surface area (Å²) >= 11 is 3.69. The van der Waals surface area contributed by atoms with Crippen molar-refractivity contribution in [1.29, 1.82) is 0 Å². The smallest absolute Gasteiger partial charge is 0.0568 e. The van der Waals surface area contributed by atoms with Crippen LogP contribution in [0.15, 0.2) is 24.3 Å². The Kier molecular flexibility index (Phi) is 5.01. The van der Waals surface area contributed by atoms with Crippen LogP contribution >= 0.6 is 15.9 Å². The van der Waals surface area contributed by atoms with Crippen LogP contribution in [0, 0.1) is 5.41 Å². The van der Waals surface area contributed by atoms with E-state index < -0.39 is 8.07 Å². The monoisotopic (exact) mass is 302 g/mol. The molecule has 0 aromatic heterocycles. The first kappa shape index (κ1) is 14.2. The van der Waals surface area contributed by atoms with Crippen molar-refractivity contribution in [2.24, 2.45) is 5.41 Å². The summed E-state index contributed by atoms with van der Waals surface area (Å²) in [6.07, 6.45) is 8.62. The summed E-state index contributed by atoms with van der Waals surface area (Å²) in [5.41, 5.74) is 0.105. The van der Waals surface area contributed by atoms with Crippen molar-refractivity contribution in [3.63, 3.8) is 0 Å². The van der Waals surface area contributed by atoms with E-state index in [1.165, 1.54) is 6.04 Å². The summed E-state index contributed by atoms with van der Waals surface area (Å²) in [4.78, 5) is 0.386. The molecule has 0 amide bonds. The van der Waals surface area contributed by atoms with Gasteiger partial charge in [0, 0.05) is 24.9 Å². The van der Waals surface area contributed by atoms with Crippen LogP contribution in [0.4, 0.5) is 0 Å². The molecule has 1 rings (SSSR count). The minimum atomic E-state index is -0.954. The van der Waals surface area contributed by atoms with Gasteiger partial charge in [-0.05, 0) is 6.04 Å². The number of halogens is 1. The van der Waals surface area contributed by atoms with Gasteiger partial charge in [-0.25, -0.2) is 0 Å². The Balaban J connectivity index is 2.32. The third-order valence-corrected chi connectivity index (χ3v) is 5.96. The fourth-order valence-corrected chi connectivity index (χ4v) is 2.76. The van der Waals surface area contributed by atoms with Crippen molar-refractivity contribution < 1.29 is 4.74 Å². The van der Waals surface area contributed by atoms with Crippen LogP contribution in [-0.4, -0.2) is 26.1 Å². The van der Waals surface area contributed by atoms with E-state index in [-0.39, 0.29) is 5.41 Å². The molecule has 0 fully saturated rings. The lowest BCUT2D eigenvalue weighted by Gasteiger charge is -2.31. The Hall–Kier alpha value is 0.137. The van der Waals surface area contributed by atoms with Crippen molar-refractivity contribution in [2.45, 2.75) is 37.4 Å². The molecule has 0 saturated heterocycles. The molecule has 1 aliphatic rings. The zero-order chi connectivity index (χ0) is 12.2. The minimum absolute atomic E-state index is 0.105. The van der Waals surface area contributed by atoms with E-state index in [1.54, 1.807) is 0 Å². The Morgan fingerprint density at radius 1 is 1.31 bits per heavy atom. The summed E-state index contributed by atoms with van der Waals surface area (Å²) in [7, 11) is -0.954. The van der Waals surface area contributed by atoms with Crippen molar-refractivity contribution in [1.82, 2.24) is 0 Å². The molecule has 16 heavy (non-hydrogen) atoms. The van der Waals surface area contributed by atoms with Crippen LogP contribution < -0.4 is 0 Å². The van der Waals surface area contributed by atoms with Gasteiger partial charge in [0.1, 0.15) is 0 Å². The van der Waals surface area contributed by atoms with E-state index in [1.807, 2.05) is 0 Å². The highest BCUT2D eigenvalue weighted by atomic mass is 79.9. The average molecular weight is 303 g/mol. The first-order valence-corrected chi connectivity index (χ1v) is 10.5. The molecule has 0 N–H and O–H groups in total. The standard InChI is InChI=1S/C13H23BrOSi/c1-13(8-6-5-7-12(13)14)11-15-9-10-16(2,3)4/h5-8,12H,9-11H2,1-4H3. The number of hydrogen-bond donors (Lipinski definition) is 0. The maximum atomic E-state index is 5.84. The number of alkyl halides is 1. The van der Waals surface area contributed by atoms with Gasteiger partial charge in [-0.2, -0.15) is 0 Å². The van der Waals surface area contributed by atoms with Crippen LogP contribution in [0.25, 0.3) is 0 Å². The molecule has 0 saturated carbocycles. The average Bonchev–Trinajstić information content (AvgIpc) is 2.17. The molecule has 92 valence electrons. The first-order chi connectivity index (χ1) is 7.33. The van der Waals surface area contributed by atoms with Crippen molar-refractivity contribution >= 4 is 24.0 Å². The van der Waals surface area contributed by atoms with Gasteiger partial charge in [0.05, 0.1) is 6.61 Å². The fourth-order valence-electron chi connectivity index (χ4n) is 1.55. The fraction of sp³-hybridized carbons (Fsp3) is 0.692. The lowest BCUT2D eigenvalue weighted by molar-refractivity contribution is 0.0885. The highest BCUT2D eigenvalue weighted by molar-refractivity contribution is 9.09. The molecule has 3 heteroatoms. The second-order valence-electron chi connectivity index (χ2n) is 6.01. The normalized spacial score (nSPS) is 29.7. The van der Waals surface area contributed by atoms with Gasteiger partial charge in [0.25, 0.3) is 0 Å². The van der Waals surface area contributed by atoms with Crippen LogP contribution in [0.2, 0.25) is 25.7 Å². The lowest BCUT2D eigenvalue weighted by atomic mass is 9.84. The van der Waals surface area contributed by atoms with Gasteiger partial charge in [0.2, 0.25) is 0 Å². The molecule has 1 nitrogen and oxygen atoms in total. The number of hydrogen-bond acceptors (Lipinski definition) is 1. The Labute approximate surface area is 109 Å². The summed E-state index contributed by atoms with van der Waals surface area (Å²) < 4.78 is 5.84. The molecular weight excluding hydrogens is 280 g/mol. The highest BCUT2D eigenvalue weighted by Crippen LogP contribution is 2.33. The quantitative estimate of drug-likeness (QED) is 0.419. The van der Waals surface area contributed by atoms with Crippen LogP contribution in [0.1, 0.15) is 6.92 Å². The predicted octanol–water partition coefficient (Wildman–Crippen LogP) is 4.24. The second-order valence-corrected chi connectivity index (χ2v) is 12.6. The maximum Gasteiger partial charge on any atom is 0.0568 e. The summed E-state index contributed by atoms with van der Waals surface area (Å²) in [5, 5.41) is 0. The number of ether oxygens (including phenoxy) is 1. The highest BCUT2D eigenvalue weighted by Gasteiger charge is 2.30. The molecule has 0 aliphatic heterocycles. The van der Waals surface area contributed by atoms with Gasteiger partial charge >= 0.3 is 0 Å². The largest absolute Gasteiger partial charge is 0.381 e. The van der Waals surface area contributed by atoms with E-state index in [0.717, 1.165) is 13.2 Å². The Bertz CT molecular complexity index is 280. The number of allylic oxidation sites excluding steroid dienone is 3. The van der Waals surface area contributed by atoms with E-state index in [9.17, 15) is 0 Å². The van der Waals surface area contributed by atoms with E-state index >= 15 is 0 Å². The van der Waals surface area contributed by atoms with E-state index in [0.29, 0.717) is 4.83 Å². The van der Waals surface area contributed by atoms with E-state index in [2.05, 4.69) is 66.8 Å². The van der Waals surface area contributed by atoms with Crippen LogP contribution in [0.3, 0.4) is 0 Å². The molecule has 0 aromatic rings. The van der Waals surface area contributed by atoms with Gasteiger partial charge in [-0.3, -0.25) is 0 Å². The van der Waals surface area contributed by atoms with E-state index in [4.69, 9.17) is 4.74 Å². The van der Waals surface area contributed by atoms with Gasteiger partial charge in [0.15, 0.2) is 0 Å². The molecule has 2 atom stereocenters. The lowest BCUT2D eigenvalue weighted by Crippen LogP contribution is -2.32. The second kappa shape index (κ2) is 5.65. The van der Waals surface area contributed by atoms with Crippen molar-refractivity contribution in [3.05, 3.63) is 24.3 Å². The minimum Gasteiger partial charge on any atom is -0.381 e. The molecule has 0 aromatic carbocycles. The zero-order valence-corrected chi connectivity index (χ0v) is 13.4. The third kappa shape index (κ3) is 4.56. The Morgan fingerprint density at radius 3 is 2.56 bits per heavy atom. The molecule has 0 bridgehead atoms. The van der Waals surface area contributed by atoms with Crippen molar-refractivity contribution in [3.8, 4) is 0 Å². The topological polar surface area (TPSA) is 9.23 Å². The number of rotatable bonds is 5. The third-order valence-electron chi connectivity index (χ3n) is 2.91. The summed E-state index contributed by atoms with van der Waals surface area (Å²) in [5.74, 6) is 0. The molecule has 0 spiro atoms. The summed E-state index contributed by atoms with van der Waals surface area (Å²) in [6.45, 7) is 11.1. The Morgan fingerprint density at radius 2 is 2.00 bits per heavy atom.